The molecule has 3 nitrogen and oxygen atoms in total. The summed E-state index contributed by atoms with van der Waals surface area (Å²) in [6.07, 6.45) is 0. The summed E-state index contributed by atoms with van der Waals surface area (Å²) in [5.41, 5.74) is 7.04. The summed E-state index contributed by atoms with van der Waals surface area (Å²) in [6, 6.07) is 3.60. The number of halogens is 1. The van der Waals surface area contributed by atoms with Crippen LogP contribution < -0.4 is 5.73 Å². The second-order valence-corrected chi connectivity index (χ2v) is 2.92. The first kappa shape index (κ1) is 8.49. The van der Waals surface area contributed by atoms with Gasteiger partial charge in [-0.25, -0.2) is 4.98 Å². The van der Waals surface area contributed by atoms with Gasteiger partial charge in [-0.3, -0.25) is 0 Å². The third kappa shape index (κ3) is 2.17. The van der Waals surface area contributed by atoms with Gasteiger partial charge in [0.05, 0.1) is 18.0 Å². The van der Waals surface area contributed by atoms with E-state index in [-0.39, 0.29) is 0 Å². The van der Waals surface area contributed by atoms with Crippen molar-refractivity contribution in [1.29, 1.82) is 0 Å². The number of aromatic nitrogens is 1. The van der Waals surface area contributed by atoms with E-state index in [9.17, 15) is 0 Å². The zero-order chi connectivity index (χ0) is 8.27. The van der Waals surface area contributed by atoms with Gasteiger partial charge in [0.1, 0.15) is 4.60 Å². The molecular formula is C7H9BrN2O. The number of pyridine rings is 1. The van der Waals surface area contributed by atoms with Gasteiger partial charge in [-0.15, -0.1) is 0 Å². The van der Waals surface area contributed by atoms with E-state index < -0.39 is 0 Å². The topological polar surface area (TPSA) is 48.1 Å². The predicted octanol–water partition coefficient (Wildman–Crippen LogP) is 1.57. The van der Waals surface area contributed by atoms with E-state index in [0.717, 1.165) is 10.3 Å². The van der Waals surface area contributed by atoms with Gasteiger partial charge < -0.3 is 10.5 Å². The van der Waals surface area contributed by atoms with Crippen LogP contribution in [0, 0.1) is 0 Å². The molecule has 0 aromatic carbocycles. The maximum absolute atomic E-state index is 5.61. The molecule has 0 saturated carbocycles. The third-order valence-corrected chi connectivity index (χ3v) is 1.70. The number of nitrogen functional groups attached to an aromatic ring is 1. The molecule has 2 N–H and O–H groups in total. The van der Waals surface area contributed by atoms with Crippen molar-refractivity contribution in [3.05, 3.63) is 22.4 Å². The van der Waals surface area contributed by atoms with E-state index in [2.05, 4.69) is 20.9 Å². The molecular weight excluding hydrogens is 208 g/mol. The lowest BCUT2D eigenvalue weighted by Gasteiger charge is -2.02. The number of rotatable bonds is 2. The fourth-order valence-corrected chi connectivity index (χ4v) is 1.08. The first-order chi connectivity index (χ1) is 5.24. The van der Waals surface area contributed by atoms with E-state index in [0.29, 0.717) is 12.3 Å². The molecule has 0 fully saturated rings. The van der Waals surface area contributed by atoms with Gasteiger partial charge in [-0.05, 0) is 28.1 Å². The van der Waals surface area contributed by atoms with Crippen molar-refractivity contribution in [2.24, 2.45) is 0 Å². The monoisotopic (exact) mass is 216 g/mol. The summed E-state index contributed by atoms with van der Waals surface area (Å²) in [7, 11) is 1.61. The van der Waals surface area contributed by atoms with Crippen LogP contribution in [0.25, 0.3) is 0 Å². The van der Waals surface area contributed by atoms with Crippen LogP contribution in [0.1, 0.15) is 5.69 Å². The summed E-state index contributed by atoms with van der Waals surface area (Å²) in [4.78, 5) is 4.13. The fourth-order valence-electron chi connectivity index (χ4n) is 0.738. The SMILES string of the molecule is COCc1nc(Br)ccc1N. The molecule has 4 heteroatoms. The van der Waals surface area contributed by atoms with Crippen LogP contribution >= 0.6 is 15.9 Å². The molecule has 0 saturated heterocycles. The molecule has 1 heterocycles. The Labute approximate surface area is 73.7 Å². The number of methoxy groups -OCH3 is 1. The Morgan fingerprint density at radius 3 is 3.00 bits per heavy atom. The summed E-state index contributed by atoms with van der Waals surface area (Å²) < 4.78 is 5.68. The van der Waals surface area contributed by atoms with E-state index >= 15 is 0 Å². The molecule has 0 aliphatic rings. The van der Waals surface area contributed by atoms with Crippen LogP contribution in [-0.4, -0.2) is 12.1 Å². The van der Waals surface area contributed by atoms with E-state index in [4.69, 9.17) is 10.5 Å². The molecule has 0 unspecified atom stereocenters. The zero-order valence-corrected chi connectivity index (χ0v) is 7.76. The lowest BCUT2D eigenvalue weighted by Crippen LogP contribution is -1.99. The van der Waals surface area contributed by atoms with Crippen molar-refractivity contribution in [2.45, 2.75) is 6.61 Å². The largest absolute Gasteiger partial charge is 0.397 e. The number of hydrogen-bond donors (Lipinski definition) is 1. The van der Waals surface area contributed by atoms with Crippen LogP contribution in [0.3, 0.4) is 0 Å². The van der Waals surface area contributed by atoms with Crippen LogP contribution in [-0.2, 0) is 11.3 Å². The minimum absolute atomic E-state index is 0.450. The van der Waals surface area contributed by atoms with E-state index in [1.54, 1.807) is 19.2 Å². The molecule has 1 rings (SSSR count). The minimum atomic E-state index is 0.450. The van der Waals surface area contributed by atoms with Crippen molar-refractivity contribution < 1.29 is 4.74 Å². The molecule has 11 heavy (non-hydrogen) atoms. The highest BCUT2D eigenvalue weighted by atomic mass is 79.9. The minimum Gasteiger partial charge on any atom is -0.397 e. The lowest BCUT2D eigenvalue weighted by atomic mass is 10.3. The van der Waals surface area contributed by atoms with Gasteiger partial charge in [-0.1, -0.05) is 0 Å². The molecule has 0 amide bonds. The maximum atomic E-state index is 5.61. The Balaban J connectivity index is 2.93. The first-order valence-corrected chi connectivity index (χ1v) is 3.93. The van der Waals surface area contributed by atoms with E-state index in [1.165, 1.54) is 0 Å². The number of hydrogen-bond acceptors (Lipinski definition) is 3. The predicted molar refractivity (Wildman–Crippen MR) is 47.1 cm³/mol. The molecule has 0 aliphatic carbocycles. The quantitative estimate of drug-likeness (QED) is 0.765. The Morgan fingerprint density at radius 1 is 1.64 bits per heavy atom. The second-order valence-electron chi connectivity index (χ2n) is 2.10. The van der Waals surface area contributed by atoms with Crippen LogP contribution in [0.2, 0.25) is 0 Å². The van der Waals surface area contributed by atoms with E-state index in [1.807, 2.05) is 0 Å². The van der Waals surface area contributed by atoms with Crippen LogP contribution in [0.15, 0.2) is 16.7 Å². The smallest absolute Gasteiger partial charge is 0.106 e. The summed E-state index contributed by atoms with van der Waals surface area (Å²) in [5, 5.41) is 0. The Hall–Kier alpha value is -0.610. The Morgan fingerprint density at radius 2 is 2.36 bits per heavy atom. The molecule has 60 valence electrons. The average molecular weight is 217 g/mol. The maximum Gasteiger partial charge on any atom is 0.106 e. The summed E-state index contributed by atoms with van der Waals surface area (Å²) in [5.74, 6) is 0. The number of anilines is 1. The number of nitrogens with zero attached hydrogens (tertiary/aromatic N) is 1. The normalized spacial score (nSPS) is 10.0. The van der Waals surface area contributed by atoms with Gasteiger partial charge in [0.15, 0.2) is 0 Å². The second kappa shape index (κ2) is 3.69. The molecule has 0 bridgehead atoms. The summed E-state index contributed by atoms with van der Waals surface area (Å²) >= 11 is 3.24. The highest BCUT2D eigenvalue weighted by Crippen LogP contribution is 2.14. The molecule has 0 radical (unpaired) electrons. The standard InChI is InChI=1S/C7H9BrN2O/c1-11-4-6-5(9)2-3-7(8)10-6/h2-3H,4,9H2,1H3. The Bertz CT molecular complexity index is 252. The van der Waals surface area contributed by atoms with Crippen LogP contribution in [0.5, 0.6) is 0 Å². The molecule has 0 spiro atoms. The highest BCUT2D eigenvalue weighted by Gasteiger charge is 1.99. The first-order valence-electron chi connectivity index (χ1n) is 3.14. The van der Waals surface area contributed by atoms with Gasteiger partial charge in [0, 0.05) is 7.11 Å². The van der Waals surface area contributed by atoms with Gasteiger partial charge in [-0.2, -0.15) is 0 Å². The molecule has 0 atom stereocenters. The van der Waals surface area contributed by atoms with Gasteiger partial charge in [0.2, 0.25) is 0 Å². The zero-order valence-electron chi connectivity index (χ0n) is 6.17. The molecule has 1 aromatic rings. The van der Waals surface area contributed by atoms with Crippen LogP contribution in [0.4, 0.5) is 5.69 Å². The van der Waals surface area contributed by atoms with Crippen molar-refractivity contribution in [1.82, 2.24) is 4.98 Å². The van der Waals surface area contributed by atoms with Crippen molar-refractivity contribution in [3.8, 4) is 0 Å². The van der Waals surface area contributed by atoms with Crippen molar-refractivity contribution in [2.75, 3.05) is 12.8 Å². The van der Waals surface area contributed by atoms with Gasteiger partial charge in [0.25, 0.3) is 0 Å². The van der Waals surface area contributed by atoms with Crippen molar-refractivity contribution >= 4 is 21.6 Å². The average Bonchev–Trinajstić information content (AvgIpc) is 1.98. The molecule has 1 aromatic heterocycles. The van der Waals surface area contributed by atoms with Crippen molar-refractivity contribution in [3.63, 3.8) is 0 Å². The third-order valence-electron chi connectivity index (χ3n) is 1.26. The summed E-state index contributed by atoms with van der Waals surface area (Å²) in [6.45, 7) is 0.450. The number of nitrogens with two attached hydrogens (primary N) is 1. The van der Waals surface area contributed by atoms with Gasteiger partial charge >= 0.3 is 0 Å². The fraction of sp³-hybridized carbons (Fsp3) is 0.286. The molecule has 0 aliphatic heterocycles. The lowest BCUT2D eigenvalue weighted by molar-refractivity contribution is 0.182. The highest BCUT2D eigenvalue weighted by molar-refractivity contribution is 9.10. The number of ether oxygens (including phenoxy) is 1. The Kier molecular flexibility index (Phi) is 2.84.